The van der Waals surface area contributed by atoms with Crippen LogP contribution in [0.5, 0.6) is 5.75 Å². The summed E-state index contributed by atoms with van der Waals surface area (Å²) < 4.78 is 31.3. The number of carbonyl (C=O) groups excluding carboxylic acids is 2. The lowest BCUT2D eigenvalue weighted by Crippen LogP contribution is -2.31. The fourth-order valence-electron chi connectivity index (χ4n) is 2.67. The largest absolute Gasteiger partial charge is 0.481 e. The first-order valence-electron chi connectivity index (χ1n) is 7.71. The van der Waals surface area contributed by atoms with E-state index in [0.29, 0.717) is 24.6 Å². The van der Waals surface area contributed by atoms with Crippen molar-refractivity contribution >= 4 is 23.2 Å². The molecule has 130 valence electrons. The maximum atomic E-state index is 13.5. The van der Waals surface area contributed by atoms with Crippen LogP contribution in [0.2, 0.25) is 0 Å². The zero-order chi connectivity index (χ0) is 18.0. The number of hydrogen-bond acceptors (Lipinski definition) is 3. The summed E-state index contributed by atoms with van der Waals surface area (Å²) in [5.41, 5.74) is 2.35. The second-order valence-corrected chi connectivity index (χ2v) is 5.71. The predicted octanol–water partition coefficient (Wildman–Crippen LogP) is 2.89. The minimum absolute atomic E-state index is 0.0546. The first-order chi connectivity index (χ1) is 11.9. The molecule has 0 aliphatic carbocycles. The molecule has 0 radical (unpaired) electrons. The molecule has 0 atom stereocenters. The third-order valence-corrected chi connectivity index (χ3v) is 3.96. The highest BCUT2D eigenvalue weighted by Crippen LogP contribution is 2.29. The van der Waals surface area contributed by atoms with Crippen molar-refractivity contribution in [2.45, 2.75) is 12.8 Å². The van der Waals surface area contributed by atoms with E-state index < -0.39 is 24.1 Å². The average molecular weight is 346 g/mol. The molecule has 0 saturated carbocycles. The third kappa shape index (κ3) is 3.76. The Kier molecular flexibility index (Phi) is 4.65. The molecule has 3 rings (SSSR count). The molecule has 1 heterocycles. The van der Waals surface area contributed by atoms with Gasteiger partial charge in [-0.05, 0) is 42.3 Å². The van der Waals surface area contributed by atoms with Crippen molar-refractivity contribution in [2.24, 2.45) is 0 Å². The van der Waals surface area contributed by atoms with E-state index in [-0.39, 0.29) is 11.7 Å². The van der Waals surface area contributed by atoms with Gasteiger partial charge in [0.25, 0.3) is 5.91 Å². The van der Waals surface area contributed by atoms with E-state index >= 15 is 0 Å². The van der Waals surface area contributed by atoms with Gasteiger partial charge in [0.2, 0.25) is 5.91 Å². The molecule has 7 heteroatoms. The number of hydrogen-bond donors (Lipinski definition) is 1. The molecule has 0 spiro atoms. The van der Waals surface area contributed by atoms with Gasteiger partial charge in [-0.2, -0.15) is 0 Å². The van der Waals surface area contributed by atoms with Crippen LogP contribution in [0.1, 0.15) is 12.0 Å². The summed E-state index contributed by atoms with van der Waals surface area (Å²) in [7, 11) is 1.71. The molecule has 0 saturated heterocycles. The smallest absolute Gasteiger partial charge is 0.262 e. The van der Waals surface area contributed by atoms with Gasteiger partial charge in [0, 0.05) is 30.9 Å². The lowest BCUT2D eigenvalue weighted by molar-refractivity contribution is -0.119. The third-order valence-electron chi connectivity index (χ3n) is 3.96. The van der Waals surface area contributed by atoms with Crippen LogP contribution in [0.3, 0.4) is 0 Å². The van der Waals surface area contributed by atoms with Gasteiger partial charge in [-0.1, -0.05) is 0 Å². The zero-order valence-corrected chi connectivity index (χ0v) is 13.5. The second-order valence-electron chi connectivity index (χ2n) is 5.71. The van der Waals surface area contributed by atoms with Gasteiger partial charge in [-0.15, -0.1) is 0 Å². The molecule has 2 aromatic rings. The molecule has 25 heavy (non-hydrogen) atoms. The van der Waals surface area contributed by atoms with Crippen molar-refractivity contribution < 1.29 is 23.1 Å². The summed E-state index contributed by atoms with van der Waals surface area (Å²) in [4.78, 5) is 25.2. The van der Waals surface area contributed by atoms with E-state index in [0.717, 1.165) is 23.4 Å². The first-order valence-corrected chi connectivity index (χ1v) is 7.71. The molecular weight excluding hydrogens is 330 g/mol. The number of fused-ring (bicyclic) bond motifs is 1. The summed E-state index contributed by atoms with van der Waals surface area (Å²) in [6, 6.07) is 8.12. The summed E-state index contributed by atoms with van der Waals surface area (Å²) in [5.74, 6) is -2.19. The quantitative estimate of drug-likeness (QED) is 0.926. The Morgan fingerprint density at radius 2 is 2.00 bits per heavy atom. The van der Waals surface area contributed by atoms with Crippen LogP contribution < -0.4 is 15.0 Å². The summed E-state index contributed by atoms with van der Waals surface area (Å²) in [5, 5.41) is 2.66. The van der Waals surface area contributed by atoms with Gasteiger partial charge in [-0.25, -0.2) is 8.78 Å². The SMILES string of the molecule is CN1C(=O)CCc2cc(NC(=O)COc3ccc(F)cc3F)ccc21. The topological polar surface area (TPSA) is 58.6 Å². The van der Waals surface area contributed by atoms with Gasteiger partial charge in [-0.3, -0.25) is 9.59 Å². The van der Waals surface area contributed by atoms with E-state index in [1.54, 1.807) is 30.1 Å². The van der Waals surface area contributed by atoms with Crippen molar-refractivity contribution in [3.8, 4) is 5.75 Å². The number of nitrogens with one attached hydrogen (secondary N) is 1. The Hall–Kier alpha value is -2.96. The number of anilines is 2. The molecule has 5 nitrogen and oxygen atoms in total. The summed E-state index contributed by atoms with van der Waals surface area (Å²) >= 11 is 0. The highest BCUT2D eigenvalue weighted by atomic mass is 19.1. The van der Waals surface area contributed by atoms with E-state index in [2.05, 4.69) is 5.32 Å². The van der Waals surface area contributed by atoms with Crippen LogP contribution in [0.4, 0.5) is 20.2 Å². The van der Waals surface area contributed by atoms with Crippen LogP contribution in [-0.2, 0) is 16.0 Å². The standard InChI is InChI=1S/C18H16F2N2O3/c1-22-15-5-4-13(8-11(15)2-7-18(22)24)21-17(23)10-25-16-6-3-12(19)9-14(16)20/h3-6,8-9H,2,7,10H2,1H3,(H,21,23). The fraction of sp³-hybridized carbons (Fsp3) is 0.222. The molecule has 2 aromatic carbocycles. The number of nitrogens with zero attached hydrogens (tertiary/aromatic N) is 1. The predicted molar refractivity (Wildman–Crippen MR) is 88.7 cm³/mol. The van der Waals surface area contributed by atoms with Crippen molar-refractivity contribution in [1.82, 2.24) is 0 Å². The number of amides is 2. The van der Waals surface area contributed by atoms with Crippen LogP contribution >= 0.6 is 0 Å². The lowest BCUT2D eigenvalue weighted by atomic mass is 10.0. The van der Waals surface area contributed by atoms with E-state index in [4.69, 9.17) is 4.74 Å². The van der Waals surface area contributed by atoms with Crippen LogP contribution in [0.25, 0.3) is 0 Å². The number of ether oxygens (including phenoxy) is 1. The van der Waals surface area contributed by atoms with Crippen LogP contribution in [0, 0.1) is 11.6 Å². The number of halogens is 2. The van der Waals surface area contributed by atoms with Crippen molar-refractivity contribution in [1.29, 1.82) is 0 Å². The minimum atomic E-state index is -0.866. The molecule has 2 amide bonds. The van der Waals surface area contributed by atoms with Crippen molar-refractivity contribution in [3.05, 3.63) is 53.6 Å². The van der Waals surface area contributed by atoms with Gasteiger partial charge in [0.1, 0.15) is 5.82 Å². The van der Waals surface area contributed by atoms with Gasteiger partial charge < -0.3 is 15.0 Å². The molecule has 1 aliphatic heterocycles. The Balaban J connectivity index is 1.62. The molecular formula is C18H16F2N2O3. The van der Waals surface area contributed by atoms with Gasteiger partial charge in [0.05, 0.1) is 0 Å². The molecule has 1 aliphatic rings. The molecule has 0 fully saturated rings. The summed E-state index contributed by atoms with van der Waals surface area (Å²) in [6.45, 7) is -0.405. The number of rotatable bonds is 4. The van der Waals surface area contributed by atoms with Crippen molar-refractivity contribution in [3.63, 3.8) is 0 Å². The van der Waals surface area contributed by atoms with Crippen LogP contribution in [-0.4, -0.2) is 25.5 Å². The molecule has 1 N–H and O–H groups in total. The highest BCUT2D eigenvalue weighted by molar-refractivity contribution is 5.97. The average Bonchev–Trinajstić information content (AvgIpc) is 2.57. The Labute approximate surface area is 143 Å². The normalized spacial score (nSPS) is 13.4. The maximum Gasteiger partial charge on any atom is 0.262 e. The highest BCUT2D eigenvalue weighted by Gasteiger charge is 2.21. The van der Waals surface area contributed by atoms with Gasteiger partial charge >= 0.3 is 0 Å². The van der Waals surface area contributed by atoms with E-state index in [1.165, 1.54) is 0 Å². The molecule has 0 unspecified atom stereocenters. The number of benzene rings is 2. The zero-order valence-electron chi connectivity index (χ0n) is 13.5. The summed E-state index contributed by atoms with van der Waals surface area (Å²) in [6.07, 6.45) is 1.04. The molecule has 0 aromatic heterocycles. The minimum Gasteiger partial charge on any atom is -0.481 e. The second kappa shape index (κ2) is 6.88. The Morgan fingerprint density at radius 3 is 2.76 bits per heavy atom. The number of aryl methyl sites for hydroxylation is 1. The lowest BCUT2D eigenvalue weighted by Gasteiger charge is -2.26. The Bertz CT molecular complexity index is 839. The fourth-order valence-corrected chi connectivity index (χ4v) is 2.67. The Morgan fingerprint density at radius 1 is 1.20 bits per heavy atom. The van der Waals surface area contributed by atoms with Crippen molar-refractivity contribution in [2.75, 3.05) is 23.9 Å². The maximum absolute atomic E-state index is 13.5. The van der Waals surface area contributed by atoms with E-state index in [1.807, 2.05) is 0 Å². The van der Waals surface area contributed by atoms with Gasteiger partial charge in [0.15, 0.2) is 18.2 Å². The monoisotopic (exact) mass is 346 g/mol. The first kappa shape index (κ1) is 16.9. The van der Waals surface area contributed by atoms with Crippen LogP contribution in [0.15, 0.2) is 36.4 Å². The van der Waals surface area contributed by atoms with E-state index in [9.17, 15) is 18.4 Å². The number of carbonyl (C=O) groups is 2. The molecule has 0 bridgehead atoms.